The van der Waals surface area contributed by atoms with Crippen LogP contribution in [0.2, 0.25) is 5.02 Å². The molecule has 3 aromatic rings. The predicted molar refractivity (Wildman–Crippen MR) is 89.0 cm³/mol. The molecule has 0 aliphatic carbocycles. The van der Waals surface area contributed by atoms with Crippen LogP contribution in [0.25, 0.3) is 10.1 Å². The minimum atomic E-state index is 0.122. The summed E-state index contributed by atoms with van der Waals surface area (Å²) >= 11 is 11.1. The first-order valence-electron chi connectivity index (χ1n) is 6.08. The van der Waals surface area contributed by atoms with Gasteiger partial charge in [-0.2, -0.15) is 0 Å². The van der Waals surface area contributed by atoms with Crippen molar-refractivity contribution in [2.24, 2.45) is 0 Å². The standard InChI is InChI=1S/C16H10BrClOS/c17-14-6-2-5-12-13(9-20-16(12)14)15(19)8-10-3-1-4-11(18)7-10/h1-7,9H,8H2. The maximum absolute atomic E-state index is 12.5. The second kappa shape index (κ2) is 5.68. The zero-order valence-electron chi connectivity index (χ0n) is 10.4. The molecule has 0 atom stereocenters. The zero-order chi connectivity index (χ0) is 14.1. The van der Waals surface area contributed by atoms with Crippen LogP contribution in [0.4, 0.5) is 0 Å². The number of halogens is 2. The number of fused-ring (bicyclic) bond motifs is 1. The number of thiophene rings is 1. The third-order valence-electron chi connectivity index (χ3n) is 3.11. The molecule has 1 aromatic heterocycles. The third-order valence-corrected chi connectivity index (χ3v) is 5.29. The Morgan fingerprint density at radius 1 is 1.20 bits per heavy atom. The first-order valence-corrected chi connectivity index (χ1v) is 8.13. The molecule has 0 saturated heterocycles. The summed E-state index contributed by atoms with van der Waals surface area (Å²) in [6, 6.07) is 13.4. The SMILES string of the molecule is O=C(Cc1cccc(Cl)c1)c1csc2c(Br)cccc12. The molecule has 0 N–H and O–H groups in total. The molecule has 0 saturated carbocycles. The molecule has 0 aliphatic rings. The van der Waals surface area contributed by atoms with Crippen molar-refractivity contribution < 1.29 is 4.79 Å². The van der Waals surface area contributed by atoms with Gasteiger partial charge in [0, 0.05) is 36.9 Å². The van der Waals surface area contributed by atoms with Gasteiger partial charge in [-0.25, -0.2) is 0 Å². The minimum absolute atomic E-state index is 0.122. The highest BCUT2D eigenvalue weighted by atomic mass is 79.9. The maximum Gasteiger partial charge on any atom is 0.168 e. The monoisotopic (exact) mass is 364 g/mol. The van der Waals surface area contributed by atoms with E-state index >= 15 is 0 Å². The van der Waals surface area contributed by atoms with Gasteiger partial charge in [0.2, 0.25) is 0 Å². The lowest BCUT2D eigenvalue weighted by Gasteiger charge is -2.02. The topological polar surface area (TPSA) is 17.1 Å². The molecule has 0 bridgehead atoms. The van der Waals surface area contributed by atoms with E-state index in [0.29, 0.717) is 11.4 Å². The number of rotatable bonds is 3. The molecule has 2 aromatic carbocycles. The molecule has 3 rings (SSSR count). The molecule has 1 nitrogen and oxygen atoms in total. The van der Waals surface area contributed by atoms with Crippen molar-refractivity contribution in [2.75, 3.05) is 0 Å². The zero-order valence-corrected chi connectivity index (χ0v) is 13.6. The van der Waals surface area contributed by atoms with Crippen molar-refractivity contribution in [3.8, 4) is 0 Å². The van der Waals surface area contributed by atoms with Crippen molar-refractivity contribution in [1.82, 2.24) is 0 Å². The highest BCUT2D eigenvalue weighted by Gasteiger charge is 2.14. The Morgan fingerprint density at radius 2 is 2.00 bits per heavy atom. The molecular weight excluding hydrogens is 356 g/mol. The normalized spacial score (nSPS) is 10.9. The average Bonchev–Trinajstić information content (AvgIpc) is 2.84. The van der Waals surface area contributed by atoms with Gasteiger partial charge in [0.1, 0.15) is 0 Å². The molecule has 0 spiro atoms. The van der Waals surface area contributed by atoms with Gasteiger partial charge in [0.15, 0.2) is 5.78 Å². The smallest absolute Gasteiger partial charge is 0.168 e. The highest BCUT2D eigenvalue weighted by Crippen LogP contribution is 2.32. The number of hydrogen-bond donors (Lipinski definition) is 0. The molecular formula is C16H10BrClOS. The Balaban J connectivity index is 1.95. The maximum atomic E-state index is 12.5. The Morgan fingerprint density at radius 3 is 2.80 bits per heavy atom. The van der Waals surface area contributed by atoms with E-state index in [1.54, 1.807) is 11.3 Å². The summed E-state index contributed by atoms with van der Waals surface area (Å²) in [5, 5.41) is 3.60. The van der Waals surface area contributed by atoms with Crippen LogP contribution in [-0.2, 0) is 6.42 Å². The van der Waals surface area contributed by atoms with Crippen LogP contribution in [0, 0.1) is 0 Å². The fraction of sp³-hybridized carbons (Fsp3) is 0.0625. The molecule has 100 valence electrons. The van der Waals surface area contributed by atoms with Crippen LogP contribution in [0.3, 0.4) is 0 Å². The van der Waals surface area contributed by atoms with E-state index in [9.17, 15) is 4.79 Å². The fourth-order valence-electron chi connectivity index (χ4n) is 2.17. The van der Waals surface area contributed by atoms with Gasteiger partial charge in [-0.15, -0.1) is 11.3 Å². The fourth-order valence-corrected chi connectivity index (χ4v) is 4.00. The van der Waals surface area contributed by atoms with Gasteiger partial charge in [-0.3, -0.25) is 4.79 Å². The number of carbonyl (C=O) groups excluding carboxylic acids is 1. The number of carbonyl (C=O) groups is 1. The van der Waals surface area contributed by atoms with E-state index in [1.807, 2.05) is 47.8 Å². The average molecular weight is 366 g/mol. The van der Waals surface area contributed by atoms with Gasteiger partial charge in [0.05, 0.1) is 0 Å². The van der Waals surface area contributed by atoms with Crippen LogP contribution < -0.4 is 0 Å². The summed E-state index contributed by atoms with van der Waals surface area (Å²) in [7, 11) is 0. The Bertz CT molecular complexity index is 794. The summed E-state index contributed by atoms with van der Waals surface area (Å²) in [5.74, 6) is 0.122. The summed E-state index contributed by atoms with van der Waals surface area (Å²) in [5.41, 5.74) is 1.73. The Kier molecular flexibility index (Phi) is 3.92. The van der Waals surface area contributed by atoms with Gasteiger partial charge in [0.25, 0.3) is 0 Å². The molecule has 0 unspecified atom stereocenters. The number of ketones is 1. The lowest BCUT2D eigenvalue weighted by Crippen LogP contribution is -2.02. The van der Waals surface area contributed by atoms with E-state index < -0.39 is 0 Å². The van der Waals surface area contributed by atoms with E-state index in [-0.39, 0.29) is 5.78 Å². The van der Waals surface area contributed by atoms with Crippen molar-refractivity contribution >= 4 is 54.7 Å². The Labute approximate surface area is 134 Å². The third kappa shape index (κ3) is 2.66. The number of Topliss-reactive ketones (excluding diaryl/α,β-unsaturated/α-hetero) is 1. The summed E-state index contributed by atoms with van der Waals surface area (Å²) in [6.45, 7) is 0. The molecule has 4 heteroatoms. The van der Waals surface area contributed by atoms with E-state index in [0.717, 1.165) is 25.7 Å². The van der Waals surface area contributed by atoms with Crippen LogP contribution in [-0.4, -0.2) is 5.78 Å². The van der Waals surface area contributed by atoms with Gasteiger partial charge >= 0.3 is 0 Å². The van der Waals surface area contributed by atoms with E-state index in [4.69, 9.17) is 11.6 Å². The summed E-state index contributed by atoms with van der Waals surface area (Å²) in [6.07, 6.45) is 0.374. The lowest BCUT2D eigenvalue weighted by molar-refractivity contribution is 0.0995. The largest absolute Gasteiger partial charge is 0.294 e. The molecule has 20 heavy (non-hydrogen) atoms. The minimum Gasteiger partial charge on any atom is -0.294 e. The quantitative estimate of drug-likeness (QED) is 0.541. The van der Waals surface area contributed by atoms with Crippen LogP contribution in [0.1, 0.15) is 15.9 Å². The highest BCUT2D eigenvalue weighted by molar-refractivity contribution is 9.10. The number of benzene rings is 2. The molecule has 0 radical (unpaired) electrons. The van der Waals surface area contributed by atoms with Crippen molar-refractivity contribution in [2.45, 2.75) is 6.42 Å². The van der Waals surface area contributed by atoms with Crippen LogP contribution in [0.5, 0.6) is 0 Å². The van der Waals surface area contributed by atoms with Crippen molar-refractivity contribution in [1.29, 1.82) is 0 Å². The van der Waals surface area contributed by atoms with Gasteiger partial charge in [-0.05, 0) is 39.7 Å². The Hall–Kier alpha value is -1.16. The van der Waals surface area contributed by atoms with Crippen LogP contribution in [0.15, 0.2) is 52.3 Å². The van der Waals surface area contributed by atoms with E-state index in [2.05, 4.69) is 15.9 Å². The van der Waals surface area contributed by atoms with Crippen molar-refractivity contribution in [3.05, 3.63) is 68.5 Å². The van der Waals surface area contributed by atoms with Gasteiger partial charge < -0.3 is 0 Å². The number of hydrogen-bond acceptors (Lipinski definition) is 2. The molecule has 0 fully saturated rings. The summed E-state index contributed by atoms with van der Waals surface area (Å²) < 4.78 is 2.14. The van der Waals surface area contributed by atoms with Crippen LogP contribution >= 0.6 is 38.9 Å². The molecule has 0 aliphatic heterocycles. The van der Waals surface area contributed by atoms with Crippen molar-refractivity contribution in [3.63, 3.8) is 0 Å². The van der Waals surface area contributed by atoms with E-state index in [1.165, 1.54) is 0 Å². The second-order valence-corrected chi connectivity index (χ2v) is 6.67. The lowest BCUT2D eigenvalue weighted by atomic mass is 10.0. The predicted octanol–water partition coefficient (Wildman–Crippen LogP) is 5.74. The first-order chi connectivity index (χ1) is 9.65. The molecule has 1 heterocycles. The first kappa shape index (κ1) is 13.8. The van der Waals surface area contributed by atoms with Gasteiger partial charge in [-0.1, -0.05) is 35.9 Å². The second-order valence-electron chi connectivity index (χ2n) is 4.50. The summed E-state index contributed by atoms with van der Waals surface area (Å²) in [4.78, 5) is 12.5. The molecule has 0 amide bonds.